The standard InChI is InChI=1S/C11H21NO2/c1-2-3-6-9-14-11(13)12-10-7-4-5-8-10/h10H,2-9H2,1H3,(H,12,13). The molecule has 1 rings (SSSR count). The normalized spacial score (nSPS) is 16.9. The van der Waals surface area contributed by atoms with Crippen LogP contribution in [0.5, 0.6) is 0 Å². The molecule has 1 aliphatic rings. The molecule has 0 aliphatic heterocycles. The molecule has 14 heavy (non-hydrogen) atoms. The highest BCUT2D eigenvalue weighted by molar-refractivity contribution is 5.67. The Labute approximate surface area is 86.2 Å². The van der Waals surface area contributed by atoms with E-state index in [1.807, 2.05) is 0 Å². The topological polar surface area (TPSA) is 38.3 Å². The first kappa shape index (κ1) is 11.3. The maximum absolute atomic E-state index is 11.2. The molecule has 1 saturated carbocycles. The number of rotatable bonds is 5. The van der Waals surface area contributed by atoms with E-state index in [2.05, 4.69) is 12.2 Å². The fraction of sp³-hybridized carbons (Fsp3) is 0.909. The third kappa shape index (κ3) is 4.49. The zero-order chi connectivity index (χ0) is 10.2. The van der Waals surface area contributed by atoms with Crippen LogP contribution in [-0.2, 0) is 4.74 Å². The van der Waals surface area contributed by atoms with Gasteiger partial charge in [-0.3, -0.25) is 0 Å². The maximum Gasteiger partial charge on any atom is 0.407 e. The fourth-order valence-electron chi connectivity index (χ4n) is 1.80. The second-order valence-corrected chi connectivity index (χ2v) is 3.97. The lowest BCUT2D eigenvalue weighted by molar-refractivity contribution is 0.140. The summed E-state index contributed by atoms with van der Waals surface area (Å²) in [6.07, 6.45) is 7.75. The van der Waals surface area contributed by atoms with Gasteiger partial charge < -0.3 is 10.1 Å². The van der Waals surface area contributed by atoms with Crippen molar-refractivity contribution in [2.24, 2.45) is 0 Å². The highest BCUT2D eigenvalue weighted by Gasteiger charge is 2.17. The summed E-state index contributed by atoms with van der Waals surface area (Å²) in [4.78, 5) is 11.2. The number of hydrogen-bond donors (Lipinski definition) is 1. The van der Waals surface area contributed by atoms with Gasteiger partial charge in [0.2, 0.25) is 0 Å². The second kappa shape index (κ2) is 6.68. The Morgan fingerprint density at radius 2 is 2.07 bits per heavy atom. The molecular formula is C11H21NO2. The van der Waals surface area contributed by atoms with Gasteiger partial charge in [-0.15, -0.1) is 0 Å². The molecule has 0 radical (unpaired) electrons. The van der Waals surface area contributed by atoms with Crippen molar-refractivity contribution in [2.75, 3.05) is 6.61 Å². The molecule has 82 valence electrons. The molecule has 0 aromatic heterocycles. The Kier molecular flexibility index (Phi) is 5.42. The van der Waals surface area contributed by atoms with Crippen molar-refractivity contribution in [1.82, 2.24) is 5.32 Å². The maximum atomic E-state index is 11.2. The van der Waals surface area contributed by atoms with Crippen LogP contribution in [0.3, 0.4) is 0 Å². The van der Waals surface area contributed by atoms with Crippen LogP contribution >= 0.6 is 0 Å². The van der Waals surface area contributed by atoms with Gasteiger partial charge in [0.25, 0.3) is 0 Å². The van der Waals surface area contributed by atoms with E-state index in [0.29, 0.717) is 12.6 Å². The van der Waals surface area contributed by atoms with E-state index in [1.54, 1.807) is 0 Å². The number of unbranched alkanes of at least 4 members (excludes halogenated alkanes) is 2. The third-order valence-electron chi connectivity index (χ3n) is 2.66. The molecule has 3 heteroatoms. The number of carbonyl (C=O) groups excluding carboxylic acids is 1. The minimum absolute atomic E-state index is 0.229. The molecule has 0 spiro atoms. The Morgan fingerprint density at radius 1 is 1.36 bits per heavy atom. The Morgan fingerprint density at radius 3 is 2.71 bits per heavy atom. The van der Waals surface area contributed by atoms with Crippen LogP contribution in [0.1, 0.15) is 51.9 Å². The van der Waals surface area contributed by atoms with Gasteiger partial charge in [-0.25, -0.2) is 4.79 Å². The van der Waals surface area contributed by atoms with E-state index in [4.69, 9.17) is 4.74 Å². The van der Waals surface area contributed by atoms with Crippen molar-refractivity contribution in [3.63, 3.8) is 0 Å². The van der Waals surface area contributed by atoms with E-state index in [1.165, 1.54) is 12.8 Å². The van der Waals surface area contributed by atoms with Crippen molar-refractivity contribution >= 4 is 6.09 Å². The molecule has 0 aromatic carbocycles. The predicted molar refractivity (Wildman–Crippen MR) is 56.3 cm³/mol. The molecule has 0 aromatic rings. The SMILES string of the molecule is CCCCCOC(=O)NC1CCCC1. The van der Waals surface area contributed by atoms with E-state index >= 15 is 0 Å². The lowest BCUT2D eigenvalue weighted by Crippen LogP contribution is -2.33. The molecule has 1 aliphatic carbocycles. The van der Waals surface area contributed by atoms with E-state index in [9.17, 15) is 4.79 Å². The summed E-state index contributed by atoms with van der Waals surface area (Å²) in [5, 5.41) is 2.89. The van der Waals surface area contributed by atoms with Gasteiger partial charge in [-0.05, 0) is 19.3 Å². The number of amides is 1. The smallest absolute Gasteiger partial charge is 0.407 e. The van der Waals surface area contributed by atoms with Crippen molar-refractivity contribution < 1.29 is 9.53 Å². The number of carbonyl (C=O) groups is 1. The van der Waals surface area contributed by atoms with Gasteiger partial charge in [0, 0.05) is 6.04 Å². The monoisotopic (exact) mass is 199 g/mol. The van der Waals surface area contributed by atoms with Crippen LogP contribution in [0.15, 0.2) is 0 Å². The first-order valence-corrected chi connectivity index (χ1v) is 5.76. The average Bonchev–Trinajstić information content (AvgIpc) is 2.65. The highest BCUT2D eigenvalue weighted by atomic mass is 16.5. The van der Waals surface area contributed by atoms with Crippen LogP contribution in [0.4, 0.5) is 4.79 Å². The van der Waals surface area contributed by atoms with Crippen LogP contribution in [-0.4, -0.2) is 18.7 Å². The molecule has 1 amide bonds. The summed E-state index contributed by atoms with van der Waals surface area (Å²) in [7, 11) is 0. The van der Waals surface area contributed by atoms with Gasteiger partial charge in [-0.2, -0.15) is 0 Å². The van der Waals surface area contributed by atoms with Crippen LogP contribution in [0.2, 0.25) is 0 Å². The number of alkyl carbamates (subject to hydrolysis) is 1. The third-order valence-corrected chi connectivity index (χ3v) is 2.66. The zero-order valence-corrected chi connectivity index (χ0v) is 9.05. The van der Waals surface area contributed by atoms with Gasteiger partial charge in [0.05, 0.1) is 6.61 Å². The minimum Gasteiger partial charge on any atom is -0.450 e. The summed E-state index contributed by atoms with van der Waals surface area (Å²) >= 11 is 0. The first-order chi connectivity index (χ1) is 6.83. The molecule has 1 fully saturated rings. The Balaban J connectivity index is 1.98. The lowest BCUT2D eigenvalue weighted by atomic mass is 10.2. The fourth-order valence-corrected chi connectivity index (χ4v) is 1.80. The molecule has 0 atom stereocenters. The lowest BCUT2D eigenvalue weighted by Gasteiger charge is -2.11. The van der Waals surface area contributed by atoms with Crippen molar-refractivity contribution in [3.05, 3.63) is 0 Å². The average molecular weight is 199 g/mol. The summed E-state index contributed by atoms with van der Waals surface area (Å²) in [5.41, 5.74) is 0. The van der Waals surface area contributed by atoms with Crippen LogP contribution < -0.4 is 5.32 Å². The van der Waals surface area contributed by atoms with E-state index in [-0.39, 0.29) is 6.09 Å². The summed E-state index contributed by atoms with van der Waals surface area (Å²) in [5.74, 6) is 0. The summed E-state index contributed by atoms with van der Waals surface area (Å²) in [6.45, 7) is 2.70. The molecule has 0 unspecified atom stereocenters. The van der Waals surface area contributed by atoms with Crippen LogP contribution in [0.25, 0.3) is 0 Å². The van der Waals surface area contributed by atoms with Gasteiger partial charge in [0.15, 0.2) is 0 Å². The second-order valence-electron chi connectivity index (χ2n) is 3.97. The summed E-state index contributed by atoms with van der Waals surface area (Å²) < 4.78 is 5.06. The van der Waals surface area contributed by atoms with Crippen molar-refractivity contribution in [1.29, 1.82) is 0 Å². The molecular weight excluding hydrogens is 178 g/mol. The number of ether oxygens (including phenoxy) is 1. The zero-order valence-electron chi connectivity index (χ0n) is 9.05. The highest BCUT2D eigenvalue weighted by Crippen LogP contribution is 2.17. The van der Waals surface area contributed by atoms with Crippen molar-refractivity contribution in [2.45, 2.75) is 57.9 Å². The molecule has 0 saturated heterocycles. The number of nitrogens with one attached hydrogen (secondary N) is 1. The number of hydrogen-bond acceptors (Lipinski definition) is 2. The Bertz CT molecular complexity index is 165. The van der Waals surface area contributed by atoms with E-state index in [0.717, 1.165) is 32.1 Å². The summed E-state index contributed by atoms with van der Waals surface area (Å²) in [6, 6.07) is 0.369. The van der Waals surface area contributed by atoms with E-state index < -0.39 is 0 Å². The van der Waals surface area contributed by atoms with Gasteiger partial charge in [0.1, 0.15) is 0 Å². The Hall–Kier alpha value is -0.730. The molecule has 3 nitrogen and oxygen atoms in total. The van der Waals surface area contributed by atoms with Gasteiger partial charge >= 0.3 is 6.09 Å². The minimum atomic E-state index is -0.229. The molecule has 1 N–H and O–H groups in total. The molecule has 0 bridgehead atoms. The van der Waals surface area contributed by atoms with Crippen LogP contribution in [0, 0.1) is 0 Å². The quantitative estimate of drug-likeness (QED) is 0.691. The van der Waals surface area contributed by atoms with Gasteiger partial charge in [-0.1, -0.05) is 32.6 Å². The van der Waals surface area contributed by atoms with Crippen molar-refractivity contribution in [3.8, 4) is 0 Å². The molecule has 0 heterocycles. The predicted octanol–water partition coefficient (Wildman–Crippen LogP) is 2.85. The first-order valence-electron chi connectivity index (χ1n) is 5.76. The largest absolute Gasteiger partial charge is 0.450 e.